The zero-order valence-corrected chi connectivity index (χ0v) is 9.79. The first-order valence-corrected chi connectivity index (χ1v) is 6.15. The van der Waals surface area contributed by atoms with Crippen molar-refractivity contribution >= 4 is 21.6 Å². The normalized spacial score (nSPS) is 11.7. The predicted molar refractivity (Wildman–Crippen MR) is 61.2 cm³/mol. The number of amides is 1. The molecule has 0 fully saturated rings. The maximum absolute atomic E-state index is 13.3. The predicted octanol–water partition coefficient (Wildman–Crippen LogP) is 0.988. The number of anilines is 1. The van der Waals surface area contributed by atoms with Crippen molar-refractivity contribution in [2.75, 3.05) is 5.32 Å². The molecule has 1 aromatic carbocycles. The van der Waals surface area contributed by atoms with Gasteiger partial charge < -0.3 is 5.32 Å². The van der Waals surface area contributed by atoms with E-state index in [4.69, 9.17) is 5.14 Å². The van der Waals surface area contributed by atoms with E-state index in [0.29, 0.717) is 0 Å². The lowest BCUT2D eigenvalue weighted by Gasteiger charge is -2.05. The number of primary sulfonamides is 1. The number of sulfonamides is 1. The SMILES string of the molecule is CC=CC(=O)Nc1cc(S(N)(=O)=O)ccc1F. The molecule has 3 N–H and O–H groups in total. The number of hydrogen-bond acceptors (Lipinski definition) is 3. The fraction of sp³-hybridized carbons (Fsp3) is 0.100. The van der Waals surface area contributed by atoms with Crippen LogP contribution in [-0.2, 0) is 14.8 Å². The number of carbonyl (C=O) groups excluding carboxylic acids is 1. The molecule has 0 radical (unpaired) electrons. The summed E-state index contributed by atoms with van der Waals surface area (Å²) < 4.78 is 35.4. The van der Waals surface area contributed by atoms with E-state index in [-0.39, 0.29) is 10.6 Å². The van der Waals surface area contributed by atoms with Crippen molar-refractivity contribution in [3.05, 3.63) is 36.2 Å². The van der Waals surface area contributed by atoms with Crippen LogP contribution in [0.4, 0.5) is 10.1 Å². The molecule has 0 aromatic heterocycles. The van der Waals surface area contributed by atoms with Crippen LogP contribution in [0.25, 0.3) is 0 Å². The number of allylic oxidation sites excluding steroid dienone is 1. The average molecular weight is 258 g/mol. The van der Waals surface area contributed by atoms with Gasteiger partial charge in [0.05, 0.1) is 10.6 Å². The van der Waals surface area contributed by atoms with Gasteiger partial charge in [0.15, 0.2) is 0 Å². The van der Waals surface area contributed by atoms with Crippen molar-refractivity contribution in [1.82, 2.24) is 0 Å². The van der Waals surface area contributed by atoms with Crippen LogP contribution in [0.15, 0.2) is 35.2 Å². The molecule has 0 aliphatic rings. The van der Waals surface area contributed by atoms with Gasteiger partial charge in [0.2, 0.25) is 15.9 Å². The summed E-state index contributed by atoms with van der Waals surface area (Å²) in [5.74, 6) is -1.30. The highest BCUT2D eigenvalue weighted by Crippen LogP contribution is 2.18. The van der Waals surface area contributed by atoms with Gasteiger partial charge in [0, 0.05) is 0 Å². The second-order valence-electron chi connectivity index (χ2n) is 3.18. The number of carbonyl (C=O) groups is 1. The second kappa shape index (κ2) is 5.07. The van der Waals surface area contributed by atoms with Crippen LogP contribution >= 0.6 is 0 Å². The lowest BCUT2D eigenvalue weighted by molar-refractivity contribution is -0.111. The molecule has 1 rings (SSSR count). The fourth-order valence-corrected chi connectivity index (χ4v) is 1.64. The maximum Gasteiger partial charge on any atom is 0.248 e. The first-order chi connectivity index (χ1) is 7.84. The van der Waals surface area contributed by atoms with Crippen LogP contribution in [0.2, 0.25) is 0 Å². The van der Waals surface area contributed by atoms with Crippen LogP contribution in [0.1, 0.15) is 6.92 Å². The van der Waals surface area contributed by atoms with Gasteiger partial charge >= 0.3 is 0 Å². The number of nitrogens with one attached hydrogen (secondary N) is 1. The summed E-state index contributed by atoms with van der Waals surface area (Å²) in [5, 5.41) is 7.09. The van der Waals surface area contributed by atoms with Crippen molar-refractivity contribution in [2.24, 2.45) is 5.14 Å². The molecule has 17 heavy (non-hydrogen) atoms. The highest BCUT2D eigenvalue weighted by atomic mass is 32.2. The Balaban J connectivity index is 3.12. The van der Waals surface area contributed by atoms with Gasteiger partial charge in [-0.3, -0.25) is 4.79 Å². The fourth-order valence-electron chi connectivity index (χ4n) is 1.10. The first kappa shape index (κ1) is 13.3. The summed E-state index contributed by atoms with van der Waals surface area (Å²) in [6.07, 6.45) is 2.65. The molecule has 5 nitrogen and oxygen atoms in total. The summed E-state index contributed by atoms with van der Waals surface area (Å²) in [6, 6.07) is 2.91. The van der Waals surface area contributed by atoms with Crippen LogP contribution in [0.3, 0.4) is 0 Å². The van der Waals surface area contributed by atoms with E-state index < -0.39 is 21.7 Å². The molecule has 1 amide bonds. The number of halogens is 1. The summed E-state index contributed by atoms with van der Waals surface area (Å²) in [5.41, 5.74) is -0.236. The van der Waals surface area contributed by atoms with Crippen molar-refractivity contribution in [1.29, 1.82) is 0 Å². The van der Waals surface area contributed by atoms with Gasteiger partial charge in [0.1, 0.15) is 5.82 Å². The minimum Gasteiger partial charge on any atom is -0.320 e. The third kappa shape index (κ3) is 3.65. The summed E-state index contributed by atoms with van der Waals surface area (Å²) in [6.45, 7) is 1.62. The van der Waals surface area contributed by atoms with Crippen molar-refractivity contribution in [2.45, 2.75) is 11.8 Å². The molecular weight excluding hydrogens is 247 g/mol. The van der Waals surface area contributed by atoms with Crippen LogP contribution in [0, 0.1) is 5.82 Å². The van der Waals surface area contributed by atoms with E-state index in [9.17, 15) is 17.6 Å². The van der Waals surface area contributed by atoms with Crippen molar-refractivity contribution in [3.8, 4) is 0 Å². The second-order valence-corrected chi connectivity index (χ2v) is 4.74. The number of benzene rings is 1. The van der Waals surface area contributed by atoms with Gasteiger partial charge in [0.25, 0.3) is 0 Å². The molecule has 0 saturated carbocycles. The maximum atomic E-state index is 13.3. The van der Waals surface area contributed by atoms with E-state index in [1.165, 1.54) is 12.2 Å². The standard InChI is InChI=1S/C10H11FN2O3S/c1-2-3-10(14)13-9-6-7(17(12,15)16)4-5-8(9)11/h2-6H,1H3,(H,13,14)(H2,12,15,16). The largest absolute Gasteiger partial charge is 0.320 e. The molecule has 0 spiro atoms. The molecule has 0 atom stereocenters. The lowest BCUT2D eigenvalue weighted by atomic mass is 10.3. The Morgan fingerprint density at radius 1 is 1.47 bits per heavy atom. The van der Waals surface area contributed by atoms with Gasteiger partial charge in [-0.2, -0.15) is 0 Å². The Kier molecular flexibility index (Phi) is 3.97. The quantitative estimate of drug-likeness (QED) is 0.792. The molecule has 0 aliphatic carbocycles. The van der Waals surface area contributed by atoms with Gasteiger partial charge in [-0.1, -0.05) is 6.08 Å². The van der Waals surface area contributed by atoms with Gasteiger partial charge in [-0.05, 0) is 31.2 Å². The Morgan fingerprint density at radius 3 is 2.65 bits per heavy atom. The zero-order chi connectivity index (χ0) is 13.1. The zero-order valence-electron chi connectivity index (χ0n) is 8.98. The molecule has 92 valence electrons. The molecule has 0 heterocycles. The smallest absolute Gasteiger partial charge is 0.248 e. The van der Waals surface area contributed by atoms with E-state index >= 15 is 0 Å². The minimum absolute atomic E-state index is 0.236. The van der Waals surface area contributed by atoms with Crippen molar-refractivity contribution in [3.63, 3.8) is 0 Å². The minimum atomic E-state index is -3.93. The lowest BCUT2D eigenvalue weighted by Crippen LogP contribution is -2.14. The monoisotopic (exact) mass is 258 g/mol. The topological polar surface area (TPSA) is 89.3 Å². The molecule has 0 unspecified atom stereocenters. The third-order valence-corrected chi connectivity index (χ3v) is 2.75. The van der Waals surface area contributed by atoms with E-state index in [2.05, 4.69) is 5.32 Å². The Bertz CT molecular complexity index is 567. The van der Waals surface area contributed by atoms with Gasteiger partial charge in [-0.15, -0.1) is 0 Å². The first-order valence-electron chi connectivity index (χ1n) is 4.60. The number of hydrogen-bond donors (Lipinski definition) is 2. The Hall–Kier alpha value is -1.73. The van der Waals surface area contributed by atoms with Crippen LogP contribution < -0.4 is 10.5 Å². The number of rotatable bonds is 3. The van der Waals surface area contributed by atoms with Crippen LogP contribution in [-0.4, -0.2) is 14.3 Å². The molecule has 0 saturated heterocycles. The molecule has 0 aliphatic heterocycles. The van der Waals surface area contributed by atoms with E-state index in [0.717, 1.165) is 18.2 Å². The summed E-state index contributed by atoms with van der Waals surface area (Å²) >= 11 is 0. The van der Waals surface area contributed by atoms with E-state index in [1.54, 1.807) is 6.92 Å². The third-order valence-electron chi connectivity index (χ3n) is 1.84. The van der Waals surface area contributed by atoms with E-state index in [1.807, 2.05) is 0 Å². The van der Waals surface area contributed by atoms with Crippen molar-refractivity contribution < 1.29 is 17.6 Å². The summed E-state index contributed by atoms with van der Waals surface area (Å²) in [4.78, 5) is 10.9. The molecule has 7 heteroatoms. The highest BCUT2D eigenvalue weighted by molar-refractivity contribution is 7.89. The highest BCUT2D eigenvalue weighted by Gasteiger charge is 2.12. The van der Waals surface area contributed by atoms with Gasteiger partial charge in [-0.25, -0.2) is 17.9 Å². The Labute approximate surface area is 98.2 Å². The van der Waals surface area contributed by atoms with Crippen LogP contribution in [0.5, 0.6) is 0 Å². The average Bonchev–Trinajstić information content (AvgIpc) is 2.20. The summed E-state index contributed by atoms with van der Waals surface area (Å²) in [7, 11) is -3.93. The molecule has 1 aromatic rings. The molecule has 0 bridgehead atoms. The Morgan fingerprint density at radius 2 is 2.12 bits per heavy atom. The number of nitrogens with two attached hydrogens (primary N) is 1. The molecular formula is C10H11FN2O3S.